The van der Waals surface area contributed by atoms with Crippen molar-refractivity contribution in [3.8, 4) is 33.4 Å². The van der Waals surface area contributed by atoms with Crippen molar-refractivity contribution in [1.82, 2.24) is 0 Å². The second kappa shape index (κ2) is 12.5. The maximum Gasteiger partial charge on any atom is 0.136 e. The van der Waals surface area contributed by atoms with Crippen LogP contribution in [0.1, 0.15) is 0 Å². The van der Waals surface area contributed by atoms with Gasteiger partial charge in [-0.25, -0.2) is 0 Å². The molecule has 10 rings (SSSR count). The van der Waals surface area contributed by atoms with E-state index in [2.05, 4.69) is 199 Å². The van der Waals surface area contributed by atoms with Crippen LogP contribution in [-0.2, 0) is 0 Å². The van der Waals surface area contributed by atoms with E-state index in [1.807, 2.05) is 6.07 Å². The Morgan fingerprint density at radius 2 is 0.923 bits per heavy atom. The van der Waals surface area contributed by atoms with E-state index in [0.29, 0.717) is 0 Å². The largest absolute Gasteiger partial charge is 0.456 e. The zero-order valence-corrected chi connectivity index (χ0v) is 28.4. The summed E-state index contributed by atoms with van der Waals surface area (Å²) in [6, 6.07) is 71.6. The van der Waals surface area contributed by atoms with Crippen LogP contribution in [-0.4, -0.2) is 0 Å². The first-order chi connectivity index (χ1) is 25.8. The van der Waals surface area contributed by atoms with Crippen molar-refractivity contribution in [3.63, 3.8) is 0 Å². The summed E-state index contributed by atoms with van der Waals surface area (Å²) in [5.41, 5.74) is 12.3. The fourth-order valence-corrected chi connectivity index (χ4v) is 7.85. The van der Waals surface area contributed by atoms with Crippen LogP contribution >= 0.6 is 0 Å². The van der Waals surface area contributed by atoms with Crippen molar-refractivity contribution in [2.75, 3.05) is 4.90 Å². The minimum absolute atomic E-state index is 0.910. The quantitative estimate of drug-likeness (QED) is 0.176. The number of hydrogen-bond acceptors (Lipinski definition) is 2. The summed E-state index contributed by atoms with van der Waals surface area (Å²) in [4.78, 5) is 2.35. The summed E-state index contributed by atoms with van der Waals surface area (Å²) in [6.45, 7) is 0. The maximum atomic E-state index is 6.41. The first kappa shape index (κ1) is 30.0. The molecular formula is C50H33NO. The molecule has 0 N–H and O–H groups in total. The molecule has 0 amide bonds. The number of anilines is 3. The summed E-state index contributed by atoms with van der Waals surface area (Å²) in [7, 11) is 0. The minimum Gasteiger partial charge on any atom is -0.456 e. The molecule has 0 bridgehead atoms. The third kappa shape index (κ3) is 5.04. The molecule has 244 valence electrons. The number of para-hydroxylation sites is 2. The Bertz CT molecular complexity index is 2880. The normalized spacial score (nSPS) is 11.5. The fourth-order valence-electron chi connectivity index (χ4n) is 7.85. The SMILES string of the molecule is c1ccc(-c2cc3oc4ccccc4c3c3ccc(-c4ccccc4-c4ccc(N(c5ccccc5)c5cccc6ccccc56)cc4)cc23)cc1. The molecule has 52 heavy (non-hydrogen) atoms. The highest BCUT2D eigenvalue weighted by molar-refractivity contribution is 6.22. The molecule has 0 atom stereocenters. The molecule has 0 aliphatic carbocycles. The fraction of sp³-hybridized carbons (Fsp3) is 0. The monoisotopic (exact) mass is 663 g/mol. The van der Waals surface area contributed by atoms with Gasteiger partial charge in [0, 0.05) is 27.5 Å². The lowest BCUT2D eigenvalue weighted by molar-refractivity contribution is 0.669. The van der Waals surface area contributed by atoms with E-state index in [1.54, 1.807) is 0 Å². The predicted molar refractivity (Wildman–Crippen MR) is 220 cm³/mol. The van der Waals surface area contributed by atoms with Crippen molar-refractivity contribution in [3.05, 3.63) is 200 Å². The van der Waals surface area contributed by atoms with Gasteiger partial charge in [0.1, 0.15) is 11.2 Å². The lowest BCUT2D eigenvalue weighted by Gasteiger charge is -2.27. The Hall–Kier alpha value is -6.90. The van der Waals surface area contributed by atoms with E-state index < -0.39 is 0 Å². The smallest absolute Gasteiger partial charge is 0.136 e. The molecule has 0 saturated carbocycles. The summed E-state index contributed by atoms with van der Waals surface area (Å²) < 4.78 is 6.41. The highest BCUT2D eigenvalue weighted by atomic mass is 16.3. The third-order valence-corrected chi connectivity index (χ3v) is 10.3. The molecule has 0 saturated heterocycles. The number of hydrogen-bond donors (Lipinski definition) is 0. The minimum atomic E-state index is 0.910. The van der Waals surface area contributed by atoms with Crippen molar-refractivity contribution in [2.24, 2.45) is 0 Å². The van der Waals surface area contributed by atoms with Gasteiger partial charge in [0.25, 0.3) is 0 Å². The number of fused-ring (bicyclic) bond motifs is 6. The molecular weight excluding hydrogens is 631 g/mol. The molecule has 2 nitrogen and oxygen atoms in total. The summed E-state index contributed by atoms with van der Waals surface area (Å²) in [5, 5.41) is 7.15. The molecule has 2 heteroatoms. The molecule has 0 aliphatic heterocycles. The Balaban J connectivity index is 1.11. The molecule has 1 heterocycles. The number of nitrogens with zero attached hydrogens (tertiary/aromatic N) is 1. The number of rotatable bonds is 6. The van der Waals surface area contributed by atoms with Gasteiger partial charge >= 0.3 is 0 Å². The van der Waals surface area contributed by atoms with E-state index in [4.69, 9.17) is 4.42 Å². The van der Waals surface area contributed by atoms with Gasteiger partial charge in [-0.05, 0) is 98.1 Å². The Morgan fingerprint density at radius 1 is 0.327 bits per heavy atom. The lowest BCUT2D eigenvalue weighted by Crippen LogP contribution is -2.10. The van der Waals surface area contributed by atoms with Gasteiger partial charge in [-0.2, -0.15) is 0 Å². The molecule has 0 spiro atoms. The zero-order valence-electron chi connectivity index (χ0n) is 28.4. The van der Waals surface area contributed by atoms with E-state index in [-0.39, 0.29) is 0 Å². The average Bonchev–Trinajstić information content (AvgIpc) is 3.60. The predicted octanol–water partition coefficient (Wildman–Crippen LogP) is 14.4. The molecule has 0 fully saturated rings. The summed E-state index contributed by atoms with van der Waals surface area (Å²) in [6.07, 6.45) is 0. The molecule has 0 radical (unpaired) electrons. The van der Waals surface area contributed by atoms with Crippen molar-refractivity contribution in [2.45, 2.75) is 0 Å². The number of benzene rings is 9. The van der Waals surface area contributed by atoms with E-state index in [1.165, 1.54) is 54.9 Å². The van der Waals surface area contributed by atoms with Gasteiger partial charge in [0.05, 0.1) is 5.69 Å². The van der Waals surface area contributed by atoms with Crippen LogP contribution in [0.2, 0.25) is 0 Å². The van der Waals surface area contributed by atoms with Gasteiger partial charge in [-0.1, -0.05) is 152 Å². The first-order valence-corrected chi connectivity index (χ1v) is 17.8. The average molecular weight is 664 g/mol. The van der Waals surface area contributed by atoms with Crippen LogP contribution in [0.4, 0.5) is 17.1 Å². The van der Waals surface area contributed by atoms with Crippen molar-refractivity contribution >= 4 is 60.5 Å². The first-order valence-electron chi connectivity index (χ1n) is 17.8. The Labute approximate surface area is 302 Å². The molecule has 9 aromatic carbocycles. The maximum absolute atomic E-state index is 6.41. The van der Waals surface area contributed by atoms with Crippen LogP contribution in [0.15, 0.2) is 205 Å². The summed E-state index contributed by atoms with van der Waals surface area (Å²) in [5.74, 6) is 0. The van der Waals surface area contributed by atoms with E-state index in [9.17, 15) is 0 Å². The standard InChI is InChI=1S/C50H33NO/c1-3-14-35(15-4-1)45-33-49-50(44-23-11-12-25-48(44)52-49)43-31-28-37(32-46(43)45)41-21-10-9-20-40(41)36-26-29-39(30-27-36)51(38-18-5-2-6-19-38)47-24-13-17-34-16-7-8-22-42(34)47/h1-33H. The van der Waals surface area contributed by atoms with Gasteiger partial charge in [-0.3, -0.25) is 0 Å². The van der Waals surface area contributed by atoms with Gasteiger partial charge in [0.2, 0.25) is 0 Å². The van der Waals surface area contributed by atoms with Crippen LogP contribution in [0.25, 0.3) is 76.9 Å². The van der Waals surface area contributed by atoms with Crippen LogP contribution in [0.5, 0.6) is 0 Å². The second-order valence-electron chi connectivity index (χ2n) is 13.3. The third-order valence-electron chi connectivity index (χ3n) is 10.3. The lowest BCUT2D eigenvalue weighted by atomic mass is 9.89. The Kier molecular flexibility index (Phi) is 7.18. The van der Waals surface area contributed by atoms with Gasteiger partial charge < -0.3 is 9.32 Å². The number of furan rings is 1. The highest BCUT2D eigenvalue weighted by Crippen LogP contribution is 2.44. The molecule has 0 unspecified atom stereocenters. The molecule has 0 aliphatic rings. The van der Waals surface area contributed by atoms with Crippen LogP contribution < -0.4 is 4.90 Å². The molecule has 1 aromatic heterocycles. The van der Waals surface area contributed by atoms with Crippen LogP contribution in [0.3, 0.4) is 0 Å². The summed E-state index contributed by atoms with van der Waals surface area (Å²) >= 11 is 0. The van der Waals surface area contributed by atoms with Crippen molar-refractivity contribution < 1.29 is 4.42 Å². The van der Waals surface area contributed by atoms with Crippen LogP contribution in [0, 0.1) is 0 Å². The van der Waals surface area contributed by atoms with E-state index >= 15 is 0 Å². The van der Waals surface area contributed by atoms with Gasteiger partial charge in [-0.15, -0.1) is 0 Å². The van der Waals surface area contributed by atoms with E-state index in [0.717, 1.165) is 39.0 Å². The Morgan fingerprint density at radius 3 is 1.73 bits per heavy atom. The molecule has 10 aromatic rings. The second-order valence-corrected chi connectivity index (χ2v) is 13.3. The van der Waals surface area contributed by atoms with Crippen molar-refractivity contribution in [1.29, 1.82) is 0 Å². The van der Waals surface area contributed by atoms with Gasteiger partial charge in [0.15, 0.2) is 0 Å². The highest BCUT2D eigenvalue weighted by Gasteiger charge is 2.18. The zero-order chi connectivity index (χ0) is 34.4. The topological polar surface area (TPSA) is 16.4 Å².